The number of halogens is 3. The second-order valence-corrected chi connectivity index (χ2v) is 4.56. The largest absolute Gasteiger partial charge is 0.313 e. The highest BCUT2D eigenvalue weighted by Gasteiger charge is 2.17. The first-order valence-electron chi connectivity index (χ1n) is 5.83. The van der Waals surface area contributed by atoms with Crippen LogP contribution in [0.2, 0.25) is 5.02 Å². The highest BCUT2D eigenvalue weighted by Crippen LogP contribution is 2.25. The Morgan fingerprint density at radius 3 is 2.68 bits per heavy atom. The predicted octanol–water partition coefficient (Wildman–Crippen LogP) is 3.52. The molecule has 5 heteroatoms. The van der Waals surface area contributed by atoms with E-state index in [9.17, 15) is 8.78 Å². The zero-order valence-electron chi connectivity index (χ0n) is 10.3. The third kappa shape index (κ3) is 3.28. The molecule has 0 aliphatic carbocycles. The molecule has 100 valence electrons. The fraction of sp³-hybridized carbons (Fsp3) is 0.214. The van der Waals surface area contributed by atoms with E-state index < -0.39 is 11.6 Å². The lowest BCUT2D eigenvalue weighted by atomic mass is 10.0. The maximum atomic E-state index is 13.9. The van der Waals surface area contributed by atoms with Gasteiger partial charge in [0.15, 0.2) is 0 Å². The molecule has 0 bridgehead atoms. The number of hydrogen-bond acceptors (Lipinski definition) is 2. The van der Waals surface area contributed by atoms with Gasteiger partial charge in [0.1, 0.15) is 11.6 Å². The summed E-state index contributed by atoms with van der Waals surface area (Å²) in [6.07, 6.45) is 2.14. The molecule has 2 aromatic rings. The Morgan fingerprint density at radius 2 is 2.05 bits per heavy atom. The molecule has 1 N–H and O–H groups in total. The average molecular weight is 283 g/mol. The fourth-order valence-corrected chi connectivity index (χ4v) is 2.05. The van der Waals surface area contributed by atoms with Crippen molar-refractivity contribution in [2.24, 2.45) is 0 Å². The van der Waals surface area contributed by atoms with E-state index in [4.69, 9.17) is 11.6 Å². The van der Waals surface area contributed by atoms with Gasteiger partial charge < -0.3 is 5.32 Å². The quantitative estimate of drug-likeness (QED) is 0.868. The lowest BCUT2D eigenvalue weighted by molar-refractivity contribution is 0.520. The van der Waals surface area contributed by atoms with Gasteiger partial charge in [-0.05, 0) is 31.3 Å². The number of hydrogen-bond donors (Lipinski definition) is 1. The molecule has 0 saturated heterocycles. The average Bonchev–Trinajstić information content (AvgIpc) is 2.42. The summed E-state index contributed by atoms with van der Waals surface area (Å²) in [5, 5.41) is 2.75. The highest BCUT2D eigenvalue weighted by atomic mass is 35.5. The number of pyridine rings is 1. The van der Waals surface area contributed by atoms with E-state index in [0.717, 1.165) is 17.8 Å². The van der Waals surface area contributed by atoms with E-state index >= 15 is 0 Å². The Bertz CT molecular complexity index is 561. The van der Waals surface area contributed by atoms with Crippen molar-refractivity contribution in [3.05, 3.63) is 64.4 Å². The number of aromatic nitrogens is 1. The van der Waals surface area contributed by atoms with Crippen LogP contribution in [0.15, 0.2) is 36.5 Å². The van der Waals surface area contributed by atoms with Crippen LogP contribution in [0, 0.1) is 11.6 Å². The third-order valence-electron chi connectivity index (χ3n) is 2.90. The van der Waals surface area contributed by atoms with Gasteiger partial charge in [-0.2, -0.15) is 0 Å². The summed E-state index contributed by atoms with van der Waals surface area (Å²) in [4.78, 5) is 4.18. The zero-order chi connectivity index (χ0) is 13.8. The van der Waals surface area contributed by atoms with Gasteiger partial charge >= 0.3 is 0 Å². The zero-order valence-corrected chi connectivity index (χ0v) is 11.1. The molecular formula is C14H13ClF2N2. The van der Waals surface area contributed by atoms with Crippen LogP contribution >= 0.6 is 11.6 Å². The van der Waals surface area contributed by atoms with Crippen molar-refractivity contribution in [1.29, 1.82) is 0 Å². The second kappa shape index (κ2) is 6.08. The normalized spacial score (nSPS) is 12.4. The number of rotatable bonds is 4. The third-order valence-corrected chi connectivity index (χ3v) is 3.19. The van der Waals surface area contributed by atoms with E-state index in [2.05, 4.69) is 10.3 Å². The van der Waals surface area contributed by atoms with Crippen LogP contribution in [0.4, 0.5) is 8.78 Å². The summed E-state index contributed by atoms with van der Waals surface area (Å²) in [5.41, 5.74) is 1.05. The van der Waals surface area contributed by atoms with Gasteiger partial charge in [-0.15, -0.1) is 0 Å². The van der Waals surface area contributed by atoms with Gasteiger partial charge in [0, 0.05) is 29.9 Å². The minimum Gasteiger partial charge on any atom is -0.313 e. The van der Waals surface area contributed by atoms with E-state index in [1.807, 2.05) is 12.1 Å². The molecule has 0 fully saturated rings. The van der Waals surface area contributed by atoms with Crippen molar-refractivity contribution in [1.82, 2.24) is 10.3 Å². The summed E-state index contributed by atoms with van der Waals surface area (Å²) in [7, 11) is 1.69. The van der Waals surface area contributed by atoms with Crippen LogP contribution in [0.25, 0.3) is 0 Å². The molecule has 0 aliphatic rings. The molecule has 0 saturated carbocycles. The molecule has 0 aliphatic heterocycles. The lowest BCUT2D eigenvalue weighted by Crippen LogP contribution is -2.20. The Balaban J connectivity index is 2.30. The first kappa shape index (κ1) is 13.9. The van der Waals surface area contributed by atoms with Crippen molar-refractivity contribution in [2.75, 3.05) is 7.05 Å². The van der Waals surface area contributed by atoms with Gasteiger partial charge in [-0.3, -0.25) is 4.98 Å². The van der Waals surface area contributed by atoms with Gasteiger partial charge in [0.2, 0.25) is 0 Å². The number of nitrogens with zero attached hydrogens (tertiary/aromatic N) is 1. The molecule has 1 atom stereocenters. The summed E-state index contributed by atoms with van der Waals surface area (Å²) in [6.45, 7) is 0. The predicted molar refractivity (Wildman–Crippen MR) is 71.1 cm³/mol. The molecule has 1 aromatic carbocycles. The van der Waals surface area contributed by atoms with Crippen LogP contribution < -0.4 is 5.32 Å². The fourth-order valence-electron chi connectivity index (χ4n) is 1.90. The maximum absolute atomic E-state index is 13.9. The number of likely N-dealkylation sites (N-methyl/N-ethyl adjacent to an activating group) is 1. The molecule has 2 nitrogen and oxygen atoms in total. The smallest absolute Gasteiger partial charge is 0.142 e. The Labute approximate surface area is 115 Å². The van der Waals surface area contributed by atoms with Gasteiger partial charge in [0.05, 0.1) is 5.02 Å². The monoisotopic (exact) mass is 282 g/mol. The van der Waals surface area contributed by atoms with Crippen molar-refractivity contribution in [3.8, 4) is 0 Å². The molecule has 2 rings (SSSR count). The first-order valence-corrected chi connectivity index (χ1v) is 6.21. The van der Waals surface area contributed by atoms with Crippen LogP contribution in [0.5, 0.6) is 0 Å². The van der Waals surface area contributed by atoms with Crippen LogP contribution in [0.1, 0.15) is 17.3 Å². The first-order chi connectivity index (χ1) is 9.11. The topological polar surface area (TPSA) is 24.9 Å². The Morgan fingerprint density at radius 1 is 1.26 bits per heavy atom. The molecule has 1 unspecified atom stereocenters. The van der Waals surface area contributed by atoms with Gasteiger partial charge in [0.25, 0.3) is 0 Å². The molecule has 19 heavy (non-hydrogen) atoms. The van der Waals surface area contributed by atoms with Crippen molar-refractivity contribution in [2.45, 2.75) is 12.5 Å². The van der Waals surface area contributed by atoms with Crippen LogP contribution in [-0.2, 0) is 6.42 Å². The molecule has 1 aromatic heterocycles. The summed E-state index contributed by atoms with van der Waals surface area (Å²) < 4.78 is 27.3. The van der Waals surface area contributed by atoms with Gasteiger partial charge in [-0.25, -0.2) is 8.78 Å². The standard InChI is InChI=1S/C14H13ClF2N2/c1-18-14(6-9-4-2-3-5-19-9)10-7-13(17)11(15)8-12(10)16/h2-5,7-8,14,18H,6H2,1H3. The Hall–Kier alpha value is -1.52. The molecule has 0 radical (unpaired) electrons. The van der Waals surface area contributed by atoms with E-state index in [-0.39, 0.29) is 16.6 Å². The van der Waals surface area contributed by atoms with E-state index in [0.29, 0.717) is 6.42 Å². The molecule has 0 spiro atoms. The van der Waals surface area contributed by atoms with Crippen molar-refractivity contribution in [3.63, 3.8) is 0 Å². The van der Waals surface area contributed by atoms with Crippen LogP contribution in [-0.4, -0.2) is 12.0 Å². The summed E-state index contributed by atoms with van der Waals surface area (Å²) >= 11 is 5.55. The lowest BCUT2D eigenvalue weighted by Gasteiger charge is -2.17. The number of benzene rings is 1. The minimum absolute atomic E-state index is 0.214. The highest BCUT2D eigenvalue weighted by molar-refractivity contribution is 6.30. The van der Waals surface area contributed by atoms with Crippen LogP contribution in [0.3, 0.4) is 0 Å². The molecular weight excluding hydrogens is 270 g/mol. The second-order valence-electron chi connectivity index (χ2n) is 4.15. The minimum atomic E-state index is -0.626. The summed E-state index contributed by atoms with van der Waals surface area (Å²) in [5.74, 6) is -1.15. The Kier molecular flexibility index (Phi) is 4.45. The van der Waals surface area contributed by atoms with Crippen molar-refractivity contribution < 1.29 is 8.78 Å². The van der Waals surface area contributed by atoms with E-state index in [1.165, 1.54) is 0 Å². The van der Waals surface area contributed by atoms with Crippen molar-refractivity contribution >= 4 is 11.6 Å². The number of nitrogens with one attached hydrogen (secondary N) is 1. The SMILES string of the molecule is CNC(Cc1ccccn1)c1cc(F)c(Cl)cc1F. The maximum Gasteiger partial charge on any atom is 0.142 e. The molecule has 0 amide bonds. The van der Waals surface area contributed by atoms with Gasteiger partial charge in [-0.1, -0.05) is 17.7 Å². The summed E-state index contributed by atoms with van der Waals surface area (Å²) in [6, 6.07) is 7.26. The van der Waals surface area contributed by atoms with E-state index in [1.54, 1.807) is 19.3 Å². The molecule has 1 heterocycles.